The van der Waals surface area contributed by atoms with Crippen molar-refractivity contribution < 1.29 is 19.3 Å². The lowest BCUT2D eigenvalue weighted by Gasteiger charge is -2.14. The van der Waals surface area contributed by atoms with E-state index in [1.54, 1.807) is 61.5 Å². The molecule has 0 saturated carbocycles. The average molecular weight is 581 g/mol. The number of amides is 3. The zero-order valence-electron chi connectivity index (χ0n) is 22.9. The number of thioether (sulfide) groups is 1. The molecule has 0 aliphatic rings. The second-order valence-corrected chi connectivity index (χ2v) is 10.7. The topological polar surface area (TPSA) is 130 Å². The minimum atomic E-state index is -0.676. The Morgan fingerprint density at radius 1 is 0.833 bits per heavy atom. The Morgan fingerprint density at radius 3 is 2.21 bits per heavy atom. The zero-order valence-corrected chi connectivity index (χ0v) is 23.7. The van der Waals surface area contributed by atoms with Crippen LogP contribution in [0.15, 0.2) is 114 Å². The fraction of sp³-hybridized carbons (Fsp3) is 0.0938. The van der Waals surface area contributed by atoms with Crippen LogP contribution in [0.2, 0.25) is 0 Å². The molecule has 9 nitrogen and oxygen atoms in total. The number of benzene rings is 4. The largest absolute Gasteiger partial charge is 0.325 e. The third kappa shape index (κ3) is 8.15. The lowest BCUT2D eigenvalue weighted by Crippen LogP contribution is -2.30. The molecule has 0 bridgehead atoms. The van der Waals surface area contributed by atoms with E-state index >= 15 is 0 Å². The molecule has 10 heteroatoms. The molecule has 1 unspecified atom stereocenters. The molecule has 0 aromatic heterocycles. The summed E-state index contributed by atoms with van der Waals surface area (Å²) in [7, 11) is 0. The number of nitro benzene ring substituents is 1. The number of nitrogens with one attached hydrogen (secondary N) is 3. The number of carbonyl (C=O) groups is 3. The van der Waals surface area contributed by atoms with Crippen molar-refractivity contribution in [3.63, 3.8) is 0 Å². The van der Waals surface area contributed by atoms with Crippen molar-refractivity contribution in [2.45, 2.75) is 24.0 Å². The smallest absolute Gasteiger partial charge is 0.276 e. The van der Waals surface area contributed by atoms with Crippen LogP contribution in [0.4, 0.5) is 17.1 Å². The number of carbonyl (C=O) groups excluding carboxylic acids is 3. The van der Waals surface area contributed by atoms with E-state index in [1.165, 1.54) is 36.0 Å². The van der Waals surface area contributed by atoms with Gasteiger partial charge in [0.15, 0.2) is 0 Å². The van der Waals surface area contributed by atoms with Crippen molar-refractivity contribution in [3.05, 3.63) is 136 Å². The highest BCUT2D eigenvalue weighted by Crippen LogP contribution is 2.27. The van der Waals surface area contributed by atoms with Gasteiger partial charge in [0.25, 0.3) is 17.5 Å². The van der Waals surface area contributed by atoms with Crippen LogP contribution in [0.25, 0.3) is 6.08 Å². The van der Waals surface area contributed by atoms with Gasteiger partial charge in [0, 0.05) is 27.9 Å². The number of nitro groups is 1. The molecule has 0 aliphatic carbocycles. The summed E-state index contributed by atoms with van der Waals surface area (Å²) in [5, 5.41) is 19.4. The number of aryl methyl sites for hydroxylation is 1. The number of nitrogens with zero attached hydrogens (tertiary/aromatic N) is 1. The lowest BCUT2D eigenvalue weighted by molar-refractivity contribution is -0.385. The van der Waals surface area contributed by atoms with Crippen molar-refractivity contribution in [2.24, 2.45) is 0 Å². The SMILES string of the molecule is Cc1cccc(NC(=O)C(C)Sc2cccc(NC(=O)/C(=C\c3ccccc3[N+](=O)[O-])NC(=O)c3ccccc3)c2)c1. The van der Waals surface area contributed by atoms with E-state index in [1.807, 2.05) is 37.3 Å². The molecule has 4 rings (SSSR count). The van der Waals surface area contributed by atoms with Gasteiger partial charge in [0.1, 0.15) is 5.70 Å². The molecule has 0 radical (unpaired) electrons. The maximum absolute atomic E-state index is 13.4. The van der Waals surface area contributed by atoms with E-state index in [-0.39, 0.29) is 22.9 Å². The molecule has 1 atom stereocenters. The molecule has 0 saturated heterocycles. The summed E-state index contributed by atoms with van der Waals surface area (Å²) < 4.78 is 0. The maximum Gasteiger partial charge on any atom is 0.276 e. The highest BCUT2D eigenvalue weighted by Gasteiger charge is 2.19. The minimum absolute atomic E-state index is 0.152. The second-order valence-electron chi connectivity index (χ2n) is 9.29. The zero-order chi connectivity index (χ0) is 30.1. The lowest BCUT2D eigenvalue weighted by atomic mass is 10.1. The van der Waals surface area contributed by atoms with Gasteiger partial charge in [0.2, 0.25) is 5.91 Å². The molecule has 0 spiro atoms. The van der Waals surface area contributed by atoms with Crippen molar-refractivity contribution in [2.75, 3.05) is 10.6 Å². The molecule has 4 aromatic carbocycles. The van der Waals surface area contributed by atoms with Crippen molar-refractivity contribution in [3.8, 4) is 0 Å². The highest BCUT2D eigenvalue weighted by molar-refractivity contribution is 8.00. The van der Waals surface area contributed by atoms with Gasteiger partial charge in [-0.25, -0.2) is 0 Å². The van der Waals surface area contributed by atoms with E-state index in [4.69, 9.17) is 0 Å². The van der Waals surface area contributed by atoms with E-state index in [2.05, 4.69) is 16.0 Å². The Balaban J connectivity index is 1.53. The fourth-order valence-electron chi connectivity index (χ4n) is 3.94. The monoisotopic (exact) mass is 580 g/mol. The van der Waals surface area contributed by atoms with Crippen LogP contribution in [-0.2, 0) is 9.59 Å². The third-order valence-electron chi connectivity index (χ3n) is 6.02. The van der Waals surface area contributed by atoms with Gasteiger partial charge in [-0.15, -0.1) is 11.8 Å². The van der Waals surface area contributed by atoms with Crippen molar-refractivity contribution in [1.29, 1.82) is 0 Å². The Labute approximate surface area is 247 Å². The Hall–Kier alpha value is -5.22. The standard InChI is InChI=1S/C32H28N4O5S/c1-21-10-8-14-25(18-21)33-30(37)22(2)42-27-16-9-15-26(20-27)34-32(39)28(35-31(38)23-11-4-3-5-12-23)19-24-13-6-7-17-29(24)36(40)41/h3-20,22H,1-2H3,(H,33,37)(H,34,39)(H,35,38)/b28-19+. The first-order valence-electron chi connectivity index (χ1n) is 13.0. The van der Waals surface area contributed by atoms with Crippen LogP contribution < -0.4 is 16.0 Å². The van der Waals surface area contributed by atoms with Gasteiger partial charge in [-0.2, -0.15) is 0 Å². The van der Waals surface area contributed by atoms with E-state index in [9.17, 15) is 24.5 Å². The predicted molar refractivity (Wildman–Crippen MR) is 165 cm³/mol. The Morgan fingerprint density at radius 2 is 1.50 bits per heavy atom. The first kappa shape index (κ1) is 29.8. The van der Waals surface area contributed by atoms with Gasteiger partial charge < -0.3 is 16.0 Å². The number of rotatable bonds is 10. The molecular formula is C32H28N4O5S. The Bertz CT molecular complexity index is 1660. The number of para-hydroxylation sites is 1. The van der Waals surface area contributed by atoms with Crippen LogP contribution in [0.1, 0.15) is 28.4 Å². The predicted octanol–water partition coefficient (Wildman–Crippen LogP) is 6.43. The van der Waals surface area contributed by atoms with E-state index in [0.29, 0.717) is 16.9 Å². The fourth-order valence-corrected chi connectivity index (χ4v) is 4.87. The second kappa shape index (κ2) is 13.9. The molecule has 3 amide bonds. The first-order chi connectivity index (χ1) is 20.2. The van der Waals surface area contributed by atoms with E-state index in [0.717, 1.165) is 10.5 Å². The van der Waals surface area contributed by atoms with Crippen molar-refractivity contribution in [1.82, 2.24) is 5.32 Å². The summed E-state index contributed by atoms with van der Waals surface area (Å²) in [4.78, 5) is 50.8. The summed E-state index contributed by atoms with van der Waals surface area (Å²) in [5.41, 5.74) is 2.23. The highest BCUT2D eigenvalue weighted by atomic mass is 32.2. The molecule has 3 N–H and O–H groups in total. The molecule has 42 heavy (non-hydrogen) atoms. The molecule has 212 valence electrons. The van der Waals surface area contributed by atoms with Crippen LogP contribution >= 0.6 is 11.8 Å². The van der Waals surface area contributed by atoms with Gasteiger partial charge in [-0.3, -0.25) is 24.5 Å². The normalized spacial score (nSPS) is 11.7. The van der Waals surface area contributed by atoms with Crippen LogP contribution in [0.3, 0.4) is 0 Å². The molecule has 0 heterocycles. The third-order valence-corrected chi connectivity index (χ3v) is 7.12. The van der Waals surface area contributed by atoms with Crippen molar-refractivity contribution >= 4 is 52.6 Å². The van der Waals surface area contributed by atoms with Gasteiger partial charge >= 0.3 is 0 Å². The number of anilines is 2. The summed E-state index contributed by atoms with van der Waals surface area (Å²) in [6.45, 7) is 3.73. The number of hydrogen-bond acceptors (Lipinski definition) is 6. The van der Waals surface area contributed by atoms with E-state index < -0.39 is 22.0 Å². The average Bonchev–Trinajstić information content (AvgIpc) is 2.97. The van der Waals surface area contributed by atoms with Crippen LogP contribution in [0.5, 0.6) is 0 Å². The first-order valence-corrected chi connectivity index (χ1v) is 13.8. The van der Waals surface area contributed by atoms with Crippen LogP contribution in [0, 0.1) is 17.0 Å². The maximum atomic E-state index is 13.4. The molecular weight excluding hydrogens is 552 g/mol. The summed E-state index contributed by atoms with van der Waals surface area (Å²) in [5.74, 6) is -1.39. The quantitative estimate of drug-likeness (QED) is 0.0857. The summed E-state index contributed by atoms with van der Waals surface area (Å²) in [6.07, 6.45) is 1.27. The van der Waals surface area contributed by atoms with Gasteiger partial charge in [0.05, 0.1) is 15.7 Å². The number of hydrogen-bond donors (Lipinski definition) is 3. The molecule has 0 fully saturated rings. The molecule has 0 aliphatic heterocycles. The van der Waals surface area contributed by atoms with Gasteiger partial charge in [-0.05, 0) is 74.0 Å². The summed E-state index contributed by atoms with van der Waals surface area (Å²) >= 11 is 1.32. The summed E-state index contributed by atoms with van der Waals surface area (Å²) in [6, 6.07) is 28.7. The van der Waals surface area contributed by atoms with Gasteiger partial charge in [-0.1, -0.05) is 48.5 Å². The Kier molecular flexibility index (Phi) is 9.85. The molecule has 4 aromatic rings. The minimum Gasteiger partial charge on any atom is -0.325 e. The van der Waals surface area contributed by atoms with Crippen LogP contribution in [-0.4, -0.2) is 27.9 Å².